The molecule has 0 aromatic rings. The van der Waals surface area contributed by atoms with Crippen LogP contribution in [0.15, 0.2) is 0 Å². The van der Waals surface area contributed by atoms with E-state index >= 15 is 0 Å². The summed E-state index contributed by atoms with van der Waals surface area (Å²) in [5.74, 6) is 2.90. The Bertz CT molecular complexity index is 248. The zero-order valence-corrected chi connectivity index (χ0v) is 7.78. The van der Waals surface area contributed by atoms with E-state index in [2.05, 4.69) is 0 Å². The van der Waals surface area contributed by atoms with Gasteiger partial charge < -0.3 is 5.11 Å². The second-order valence-corrected chi connectivity index (χ2v) is 5.12. The maximum Gasteiger partial charge on any atom is 0.139 e. The van der Waals surface area contributed by atoms with Crippen molar-refractivity contribution in [3.8, 4) is 0 Å². The Balaban J connectivity index is 1.94. The molecule has 4 bridgehead atoms. The van der Waals surface area contributed by atoms with E-state index < -0.39 is 0 Å². The molecular weight excluding hydrogens is 164 g/mol. The monoisotopic (exact) mass is 180 g/mol. The van der Waals surface area contributed by atoms with Crippen LogP contribution in [0.2, 0.25) is 0 Å². The van der Waals surface area contributed by atoms with Gasteiger partial charge in [-0.05, 0) is 43.4 Å². The van der Waals surface area contributed by atoms with Crippen molar-refractivity contribution < 1.29 is 9.90 Å². The summed E-state index contributed by atoms with van der Waals surface area (Å²) in [7, 11) is 0. The Kier molecular flexibility index (Phi) is 1.58. The average molecular weight is 180 g/mol. The Hall–Kier alpha value is -0.370. The fourth-order valence-electron chi connectivity index (χ4n) is 4.03. The van der Waals surface area contributed by atoms with Crippen LogP contribution in [0.1, 0.15) is 25.7 Å². The Morgan fingerprint density at radius 3 is 2.85 bits per heavy atom. The number of ketones is 1. The lowest BCUT2D eigenvalue weighted by atomic mass is 9.51. The van der Waals surface area contributed by atoms with Gasteiger partial charge in [0.1, 0.15) is 5.78 Å². The molecule has 0 radical (unpaired) electrons. The van der Waals surface area contributed by atoms with Crippen molar-refractivity contribution in [3.05, 3.63) is 0 Å². The maximum absolute atomic E-state index is 11.8. The smallest absolute Gasteiger partial charge is 0.139 e. The van der Waals surface area contributed by atoms with Gasteiger partial charge >= 0.3 is 0 Å². The van der Waals surface area contributed by atoms with E-state index in [1.54, 1.807) is 0 Å². The van der Waals surface area contributed by atoms with Crippen LogP contribution in [0.4, 0.5) is 0 Å². The van der Waals surface area contributed by atoms with E-state index in [4.69, 9.17) is 0 Å². The van der Waals surface area contributed by atoms with Gasteiger partial charge in [-0.25, -0.2) is 0 Å². The number of aliphatic hydroxyl groups excluding tert-OH is 1. The molecule has 0 aliphatic heterocycles. The summed E-state index contributed by atoms with van der Waals surface area (Å²) < 4.78 is 0. The Morgan fingerprint density at radius 1 is 1.23 bits per heavy atom. The van der Waals surface area contributed by atoms with Crippen molar-refractivity contribution in [1.82, 2.24) is 0 Å². The van der Waals surface area contributed by atoms with Gasteiger partial charge in [-0.15, -0.1) is 0 Å². The van der Waals surface area contributed by atoms with Crippen molar-refractivity contribution in [2.45, 2.75) is 25.7 Å². The first-order valence-corrected chi connectivity index (χ1v) is 5.44. The predicted molar refractivity (Wildman–Crippen MR) is 48.0 cm³/mol. The summed E-state index contributed by atoms with van der Waals surface area (Å²) in [5, 5.41) is 9.26. The highest BCUT2D eigenvalue weighted by Crippen LogP contribution is 2.54. The van der Waals surface area contributed by atoms with Crippen LogP contribution in [0, 0.1) is 29.6 Å². The first-order chi connectivity index (χ1) is 6.29. The SMILES string of the molecule is O=C1C2CC3CC(C2)C(CO)C1C3. The van der Waals surface area contributed by atoms with Crippen LogP contribution >= 0.6 is 0 Å². The molecule has 2 heteroatoms. The number of carbonyl (C=O) groups is 1. The third-order valence-corrected chi connectivity index (χ3v) is 4.53. The molecule has 4 rings (SSSR count). The molecule has 2 nitrogen and oxygen atoms in total. The van der Waals surface area contributed by atoms with Crippen molar-refractivity contribution >= 4 is 5.78 Å². The second kappa shape index (κ2) is 2.57. The molecule has 5 unspecified atom stereocenters. The number of aliphatic hydroxyl groups is 1. The molecule has 72 valence electrons. The summed E-state index contributed by atoms with van der Waals surface area (Å²) in [6, 6.07) is 0. The zero-order valence-electron chi connectivity index (χ0n) is 7.78. The number of Topliss-reactive ketones (excluding diaryl/α,β-unsaturated/α-hetero) is 1. The number of rotatable bonds is 1. The molecule has 0 heterocycles. The molecule has 4 fully saturated rings. The zero-order chi connectivity index (χ0) is 9.00. The lowest BCUT2D eigenvalue weighted by Gasteiger charge is -2.52. The lowest BCUT2D eigenvalue weighted by Crippen LogP contribution is -2.52. The third kappa shape index (κ3) is 0.954. The van der Waals surface area contributed by atoms with Gasteiger partial charge in [0.15, 0.2) is 0 Å². The molecule has 4 aliphatic carbocycles. The molecule has 0 saturated heterocycles. The van der Waals surface area contributed by atoms with E-state index in [0.717, 1.165) is 25.2 Å². The van der Waals surface area contributed by atoms with Gasteiger partial charge in [-0.3, -0.25) is 4.79 Å². The molecule has 0 aromatic heterocycles. The average Bonchev–Trinajstić information content (AvgIpc) is 2.13. The van der Waals surface area contributed by atoms with Crippen molar-refractivity contribution in [3.63, 3.8) is 0 Å². The maximum atomic E-state index is 11.8. The molecular formula is C11H16O2. The fraction of sp³-hybridized carbons (Fsp3) is 0.909. The van der Waals surface area contributed by atoms with Gasteiger partial charge in [0.05, 0.1) is 0 Å². The summed E-state index contributed by atoms with van der Waals surface area (Å²) in [6.45, 7) is 0.237. The highest BCUT2D eigenvalue weighted by Gasteiger charge is 2.52. The normalized spacial score (nSPS) is 53.0. The molecule has 0 amide bonds. The molecule has 5 atom stereocenters. The van der Waals surface area contributed by atoms with Crippen LogP contribution in [0.5, 0.6) is 0 Å². The molecule has 1 N–H and O–H groups in total. The summed E-state index contributed by atoms with van der Waals surface area (Å²) in [6.07, 6.45) is 4.60. The highest BCUT2D eigenvalue weighted by atomic mass is 16.3. The van der Waals surface area contributed by atoms with E-state index in [9.17, 15) is 9.90 Å². The Labute approximate surface area is 78.3 Å². The topological polar surface area (TPSA) is 37.3 Å². The van der Waals surface area contributed by atoms with Crippen LogP contribution in [0.25, 0.3) is 0 Å². The van der Waals surface area contributed by atoms with E-state index in [1.165, 1.54) is 6.42 Å². The molecule has 0 spiro atoms. The predicted octanol–water partition coefficient (Wildman–Crippen LogP) is 1.23. The molecule has 4 aliphatic rings. The van der Waals surface area contributed by atoms with Gasteiger partial charge in [0.2, 0.25) is 0 Å². The van der Waals surface area contributed by atoms with Crippen LogP contribution in [0.3, 0.4) is 0 Å². The number of carbonyl (C=O) groups excluding carboxylic acids is 1. The minimum atomic E-state index is 0.237. The first kappa shape index (κ1) is 7.98. The lowest BCUT2D eigenvalue weighted by molar-refractivity contribution is -0.148. The summed E-state index contributed by atoms with van der Waals surface area (Å²) in [5.41, 5.74) is 0. The Morgan fingerprint density at radius 2 is 2.08 bits per heavy atom. The highest BCUT2D eigenvalue weighted by molar-refractivity contribution is 5.85. The van der Waals surface area contributed by atoms with Crippen molar-refractivity contribution in [2.24, 2.45) is 29.6 Å². The van der Waals surface area contributed by atoms with Crippen molar-refractivity contribution in [2.75, 3.05) is 6.61 Å². The molecule has 0 aromatic carbocycles. The number of hydrogen-bond donors (Lipinski definition) is 1. The van der Waals surface area contributed by atoms with Gasteiger partial charge in [0, 0.05) is 18.4 Å². The van der Waals surface area contributed by atoms with E-state index in [1.807, 2.05) is 0 Å². The minimum absolute atomic E-state index is 0.237. The fourth-order valence-corrected chi connectivity index (χ4v) is 4.03. The van der Waals surface area contributed by atoms with E-state index in [0.29, 0.717) is 23.5 Å². The van der Waals surface area contributed by atoms with Gasteiger partial charge in [-0.1, -0.05) is 0 Å². The number of hydrogen-bond acceptors (Lipinski definition) is 2. The van der Waals surface area contributed by atoms with Crippen LogP contribution in [-0.4, -0.2) is 17.5 Å². The van der Waals surface area contributed by atoms with Crippen LogP contribution in [-0.2, 0) is 4.79 Å². The first-order valence-electron chi connectivity index (χ1n) is 5.44. The van der Waals surface area contributed by atoms with E-state index in [-0.39, 0.29) is 12.5 Å². The van der Waals surface area contributed by atoms with Gasteiger partial charge in [-0.2, -0.15) is 0 Å². The quantitative estimate of drug-likeness (QED) is 0.659. The second-order valence-electron chi connectivity index (χ2n) is 5.12. The van der Waals surface area contributed by atoms with Crippen molar-refractivity contribution in [1.29, 1.82) is 0 Å². The molecule has 4 saturated carbocycles. The minimum Gasteiger partial charge on any atom is -0.396 e. The van der Waals surface area contributed by atoms with Gasteiger partial charge in [0.25, 0.3) is 0 Å². The standard InChI is InChI=1S/C11H16O2/c12-5-10-7-1-6-2-8(4-7)11(13)9(10)3-6/h6-10,12H,1-5H2. The summed E-state index contributed by atoms with van der Waals surface area (Å²) >= 11 is 0. The molecule has 13 heavy (non-hydrogen) atoms. The third-order valence-electron chi connectivity index (χ3n) is 4.53. The van der Waals surface area contributed by atoms with Crippen LogP contribution < -0.4 is 0 Å². The summed E-state index contributed by atoms with van der Waals surface area (Å²) in [4.78, 5) is 11.8. The largest absolute Gasteiger partial charge is 0.396 e.